The van der Waals surface area contributed by atoms with Crippen molar-refractivity contribution in [2.24, 2.45) is 0 Å². The lowest BCUT2D eigenvalue weighted by atomic mass is 10.1. The molecule has 0 spiro atoms. The number of aryl methyl sites for hydroxylation is 3. The number of likely N-dealkylation sites (N-methyl/N-ethyl adjacent to an activating group) is 2. The minimum absolute atomic E-state index is 0.0896. The zero-order chi connectivity index (χ0) is 22.6. The minimum Gasteiger partial charge on any atom is -0.335 e. The number of benzene rings is 2. The van der Waals surface area contributed by atoms with Crippen LogP contribution in [-0.4, -0.2) is 56.6 Å². The number of hydrogen-bond acceptors (Lipinski definition) is 4. The highest BCUT2D eigenvalue weighted by molar-refractivity contribution is 9.10. The van der Waals surface area contributed by atoms with Gasteiger partial charge in [0, 0.05) is 24.3 Å². The first-order chi connectivity index (χ1) is 13.9. The lowest BCUT2D eigenvalue weighted by Crippen LogP contribution is -2.42. The predicted molar refractivity (Wildman–Crippen MR) is 121 cm³/mol. The van der Waals surface area contributed by atoms with Gasteiger partial charge in [0.25, 0.3) is 0 Å². The van der Waals surface area contributed by atoms with Gasteiger partial charge in [0.1, 0.15) is 0 Å². The summed E-state index contributed by atoms with van der Waals surface area (Å²) in [6.07, 6.45) is 0. The molecule has 0 fully saturated rings. The lowest BCUT2D eigenvalue weighted by molar-refractivity contribution is -0.133. The first-order valence-electron chi connectivity index (χ1n) is 9.25. The third-order valence-corrected chi connectivity index (χ3v) is 6.97. The van der Waals surface area contributed by atoms with E-state index in [1.165, 1.54) is 31.1 Å². The van der Waals surface area contributed by atoms with E-state index >= 15 is 0 Å². The Morgan fingerprint density at radius 1 is 0.967 bits per heavy atom. The molecule has 1 N–H and O–H groups in total. The number of nitrogens with zero attached hydrogens (tertiary/aromatic N) is 2. The Hall–Kier alpha value is -2.23. The average molecular weight is 496 g/mol. The zero-order valence-electron chi connectivity index (χ0n) is 17.7. The summed E-state index contributed by atoms with van der Waals surface area (Å²) < 4.78 is 27.0. The van der Waals surface area contributed by atoms with Gasteiger partial charge in [0.05, 0.1) is 18.0 Å². The summed E-state index contributed by atoms with van der Waals surface area (Å²) in [6, 6.07) is 10.1. The van der Waals surface area contributed by atoms with Crippen molar-refractivity contribution in [2.45, 2.75) is 25.7 Å². The maximum atomic E-state index is 12.6. The Bertz CT molecular complexity index is 1030. The van der Waals surface area contributed by atoms with Crippen LogP contribution in [0.5, 0.6) is 0 Å². The standard InChI is InChI=1S/C21H26BrN3O4S/c1-14-10-15(2)21(16(3)11-14)23-19(26)12-24(4)20(27)13-25(5)30(28,29)18-8-6-17(22)7-9-18/h6-11H,12-13H2,1-5H3,(H,23,26). The van der Waals surface area contributed by atoms with Gasteiger partial charge < -0.3 is 10.2 Å². The first-order valence-corrected chi connectivity index (χ1v) is 11.5. The average Bonchev–Trinajstić information content (AvgIpc) is 2.64. The number of nitrogens with one attached hydrogen (secondary N) is 1. The monoisotopic (exact) mass is 495 g/mol. The van der Waals surface area contributed by atoms with Crippen molar-refractivity contribution < 1.29 is 18.0 Å². The molecule has 2 aromatic carbocycles. The molecular weight excluding hydrogens is 470 g/mol. The second kappa shape index (κ2) is 9.72. The molecule has 9 heteroatoms. The molecule has 7 nitrogen and oxygen atoms in total. The van der Waals surface area contributed by atoms with Crippen LogP contribution in [0.2, 0.25) is 0 Å². The molecule has 0 aliphatic carbocycles. The first kappa shape index (κ1) is 24.0. The summed E-state index contributed by atoms with van der Waals surface area (Å²) in [5.74, 6) is -0.829. The Kier molecular flexibility index (Phi) is 7.79. The molecule has 0 atom stereocenters. The molecule has 0 aliphatic heterocycles. The van der Waals surface area contributed by atoms with Gasteiger partial charge in [-0.15, -0.1) is 0 Å². The molecule has 162 valence electrons. The third kappa shape index (κ3) is 5.90. The van der Waals surface area contributed by atoms with Gasteiger partial charge in [0.15, 0.2) is 0 Å². The fourth-order valence-electron chi connectivity index (χ4n) is 3.04. The SMILES string of the molecule is Cc1cc(C)c(NC(=O)CN(C)C(=O)CN(C)S(=O)(=O)c2ccc(Br)cc2)c(C)c1. The molecule has 2 rings (SSSR count). The van der Waals surface area contributed by atoms with Gasteiger partial charge in [-0.05, 0) is 56.2 Å². The van der Waals surface area contributed by atoms with Gasteiger partial charge in [-0.1, -0.05) is 33.6 Å². The van der Waals surface area contributed by atoms with Crippen LogP contribution in [0.1, 0.15) is 16.7 Å². The van der Waals surface area contributed by atoms with E-state index in [4.69, 9.17) is 0 Å². The molecule has 30 heavy (non-hydrogen) atoms. The zero-order valence-corrected chi connectivity index (χ0v) is 20.1. The lowest BCUT2D eigenvalue weighted by Gasteiger charge is -2.22. The van der Waals surface area contributed by atoms with Crippen molar-refractivity contribution >= 4 is 43.5 Å². The molecule has 0 saturated heterocycles. The maximum Gasteiger partial charge on any atom is 0.243 e. The van der Waals surface area contributed by atoms with Crippen molar-refractivity contribution in [3.63, 3.8) is 0 Å². The molecule has 0 bridgehead atoms. The normalized spacial score (nSPS) is 11.4. The minimum atomic E-state index is -3.81. The maximum absolute atomic E-state index is 12.6. The smallest absolute Gasteiger partial charge is 0.243 e. The number of rotatable bonds is 7. The van der Waals surface area contributed by atoms with Crippen molar-refractivity contribution in [3.8, 4) is 0 Å². The summed E-state index contributed by atoms with van der Waals surface area (Å²) in [5.41, 5.74) is 3.71. The Morgan fingerprint density at radius 3 is 2.03 bits per heavy atom. The quantitative estimate of drug-likeness (QED) is 0.639. The summed E-state index contributed by atoms with van der Waals surface area (Å²) in [7, 11) is -1.01. The molecule has 2 amide bonds. The van der Waals surface area contributed by atoms with E-state index in [9.17, 15) is 18.0 Å². The molecule has 0 aliphatic rings. The van der Waals surface area contributed by atoms with Gasteiger partial charge in [-0.2, -0.15) is 4.31 Å². The largest absolute Gasteiger partial charge is 0.335 e. The number of carbonyl (C=O) groups excluding carboxylic acids is 2. The van der Waals surface area contributed by atoms with Crippen LogP contribution < -0.4 is 5.32 Å². The second-order valence-electron chi connectivity index (χ2n) is 7.29. The van der Waals surface area contributed by atoms with Gasteiger partial charge >= 0.3 is 0 Å². The Balaban J connectivity index is 2.00. The van der Waals surface area contributed by atoms with Crippen LogP contribution in [0.4, 0.5) is 5.69 Å². The molecule has 0 saturated carbocycles. The third-order valence-electron chi connectivity index (χ3n) is 4.63. The van der Waals surface area contributed by atoms with E-state index < -0.39 is 15.9 Å². The van der Waals surface area contributed by atoms with Crippen molar-refractivity contribution in [3.05, 3.63) is 57.6 Å². The molecule has 0 aromatic heterocycles. The highest BCUT2D eigenvalue weighted by Gasteiger charge is 2.25. The fourth-order valence-corrected chi connectivity index (χ4v) is 4.43. The highest BCUT2D eigenvalue weighted by atomic mass is 79.9. The summed E-state index contributed by atoms with van der Waals surface area (Å²) in [5, 5.41) is 2.84. The summed E-state index contributed by atoms with van der Waals surface area (Å²) >= 11 is 3.26. The van der Waals surface area contributed by atoms with Gasteiger partial charge in [0.2, 0.25) is 21.8 Å². The summed E-state index contributed by atoms with van der Waals surface area (Å²) in [4.78, 5) is 26.2. The van der Waals surface area contributed by atoms with Gasteiger partial charge in [-0.25, -0.2) is 8.42 Å². The van der Waals surface area contributed by atoms with E-state index in [0.717, 1.165) is 31.2 Å². The predicted octanol–water partition coefficient (Wildman–Crippen LogP) is 3.09. The molecule has 0 radical (unpaired) electrons. The number of hydrogen-bond donors (Lipinski definition) is 1. The molecule has 0 heterocycles. The molecular formula is C21H26BrN3O4S. The number of sulfonamides is 1. The van der Waals surface area contributed by atoms with Crippen LogP contribution in [0.3, 0.4) is 0 Å². The van der Waals surface area contributed by atoms with Gasteiger partial charge in [-0.3, -0.25) is 9.59 Å². The van der Waals surface area contributed by atoms with E-state index in [1.807, 2.05) is 32.9 Å². The Labute approximate surface area is 186 Å². The summed E-state index contributed by atoms with van der Waals surface area (Å²) in [6.45, 7) is 5.25. The number of anilines is 1. The van der Waals surface area contributed by atoms with Crippen LogP contribution in [0.25, 0.3) is 0 Å². The van der Waals surface area contributed by atoms with E-state index in [2.05, 4.69) is 21.2 Å². The number of halogens is 1. The van der Waals surface area contributed by atoms with E-state index in [-0.39, 0.29) is 23.9 Å². The van der Waals surface area contributed by atoms with Crippen LogP contribution >= 0.6 is 15.9 Å². The fraction of sp³-hybridized carbons (Fsp3) is 0.333. The topological polar surface area (TPSA) is 86.8 Å². The highest BCUT2D eigenvalue weighted by Crippen LogP contribution is 2.22. The second-order valence-corrected chi connectivity index (χ2v) is 10.2. The van der Waals surface area contributed by atoms with Crippen LogP contribution in [0.15, 0.2) is 45.8 Å². The van der Waals surface area contributed by atoms with Crippen molar-refractivity contribution in [1.29, 1.82) is 0 Å². The van der Waals surface area contributed by atoms with E-state index in [1.54, 1.807) is 12.1 Å². The van der Waals surface area contributed by atoms with Crippen molar-refractivity contribution in [1.82, 2.24) is 9.21 Å². The number of carbonyl (C=O) groups is 2. The van der Waals surface area contributed by atoms with E-state index in [0.29, 0.717) is 0 Å². The molecule has 0 unspecified atom stereocenters. The molecule has 2 aromatic rings. The van der Waals surface area contributed by atoms with Crippen molar-refractivity contribution in [2.75, 3.05) is 32.5 Å². The van der Waals surface area contributed by atoms with Crippen LogP contribution in [0, 0.1) is 20.8 Å². The Morgan fingerprint density at radius 2 is 1.50 bits per heavy atom. The number of amides is 2. The van der Waals surface area contributed by atoms with Crippen LogP contribution in [-0.2, 0) is 19.6 Å².